The van der Waals surface area contributed by atoms with Crippen molar-refractivity contribution in [2.45, 2.75) is 0 Å². The molecular formula is C14H8Cl2N2O. The highest BCUT2D eigenvalue weighted by Crippen LogP contribution is 2.34. The summed E-state index contributed by atoms with van der Waals surface area (Å²) in [6.45, 7) is 0. The van der Waals surface area contributed by atoms with Crippen LogP contribution in [0, 0.1) is 0 Å². The summed E-state index contributed by atoms with van der Waals surface area (Å²) in [5, 5.41) is 4.91. The summed E-state index contributed by atoms with van der Waals surface area (Å²) in [5.74, 6) is 0.820. The molecule has 0 saturated carbocycles. The average Bonchev–Trinajstić information content (AvgIpc) is 2.89. The van der Waals surface area contributed by atoms with Gasteiger partial charge in [0, 0.05) is 5.56 Å². The molecule has 0 radical (unpaired) electrons. The first kappa shape index (κ1) is 12.2. The molecule has 1 aromatic heterocycles. The first-order valence-electron chi connectivity index (χ1n) is 5.59. The number of nitrogens with zero attached hydrogens (tertiary/aromatic N) is 2. The largest absolute Gasteiger partial charge is 0.334 e. The van der Waals surface area contributed by atoms with Crippen molar-refractivity contribution >= 4 is 23.2 Å². The molecule has 0 aliphatic rings. The first-order chi connectivity index (χ1) is 9.25. The van der Waals surface area contributed by atoms with Crippen molar-refractivity contribution in [3.63, 3.8) is 0 Å². The Bertz CT molecular complexity index is 690. The molecule has 0 bridgehead atoms. The second-order valence-electron chi connectivity index (χ2n) is 3.89. The number of halogens is 2. The lowest BCUT2D eigenvalue weighted by Gasteiger charge is -2.00. The highest BCUT2D eigenvalue weighted by Gasteiger charge is 2.16. The maximum Gasteiger partial charge on any atom is 0.261 e. The third-order valence-corrected chi connectivity index (χ3v) is 3.26. The molecule has 2 aromatic carbocycles. The van der Waals surface area contributed by atoms with Crippen molar-refractivity contribution in [1.29, 1.82) is 0 Å². The van der Waals surface area contributed by atoms with Gasteiger partial charge < -0.3 is 4.52 Å². The third-order valence-electron chi connectivity index (χ3n) is 2.63. The maximum absolute atomic E-state index is 6.11. The highest BCUT2D eigenvalue weighted by atomic mass is 35.5. The standard InChI is InChI=1S/C14H8Cl2N2O/c15-10-7-4-8-11(16)12(10)14-17-13(18-19-14)9-5-2-1-3-6-9/h1-8H. The van der Waals surface area contributed by atoms with Gasteiger partial charge in [0.15, 0.2) is 0 Å². The third kappa shape index (κ3) is 2.35. The molecule has 0 amide bonds. The number of benzene rings is 2. The van der Waals surface area contributed by atoms with E-state index >= 15 is 0 Å². The van der Waals surface area contributed by atoms with Gasteiger partial charge in [0.25, 0.3) is 5.89 Å². The van der Waals surface area contributed by atoms with Crippen molar-refractivity contribution in [1.82, 2.24) is 10.1 Å². The predicted molar refractivity (Wildman–Crippen MR) is 75.2 cm³/mol. The molecule has 0 fully saturated rings. The zero-order chi connectivity index (χ0) is 13.2. The quantitative estimate of drug-likeness (QED) is 0.686. The molecule has 3 rings (SSSR count). The summed E-state index contributed by atoms with van der Waals surface area (Å²) < 4.78 is 5.24. The molecular weight excluding hydrogens is 283 g/mol. The molecule has 0 aliphatic carbocycles. The van der Waals surface area contributed by atoms with Crippen molar-refractivity contribution < 1.29 is 4.52 Å². The molecule has 5 heteroatoms. The molecule has 0 saturated heterocycles. The molecule has 0 unspecified atom stereocenters. The molecule has 0 aliphatic heterocycles. The summed E-state index contributed by atoms with van der Waals surface area (Å²) >= 11 is 12.2. The zero-order valence-electron chi connectivity index (χ0n) is 9.68. The summed E-state index contributed by atoms with van der Waals surface area (Å²) in [5.41, 5.74) is 1.43. The van der Waals surface area contributed by atoms with Gasteiger partial charge in [-0.25, -0.2) is 0 Å². The molecule has 3 nitrogen and oxygen atoms in total. The van der Waals surface area contributed by atoms with Gasteiger partial charge >= 0.3 is 0 Å². The van der Waals surface area contributed by atoms with E-state index in [2.05, 4.69) is 10.1 Å². The van der Waals surface area contributed by atoms with Gasteiger partial charge in [-0.2, -0.15) is 4.98 Å². The van der Waals surface area contributed by atoms with E-state index in [9.17, 15) is 0 Å². The fourth-order valence-electron chi connectivity index (χ4n) is 1.73. The van der Waals surface area contributed by atoms with Crippen molar-refractivity contribution in [3.8, 4) is 22.8 Å². The van der Waals surface area contributed by atoms with E-state index in [1.165, 1.54) is 0 Å². The Morgan fingerprint density at radius 1 is 0.842 bits per heavy atom. The van der Waals surface area contributed by atoms with E-state index < -0.39 is 0 Å². The summed E-state index contributed by atoms with van der Waals surface area (Å²) in [7, 11) is 0. The number of aromatic nitrogens is 2. The van der Waals surface area contributed by atoms with Gasteiger partial charge in [-0.1, -0.05) is 64.8 Å². The van der Waals surface area contributed by atoms with Crippen LogP contribution in [0.3, 0.4) is 0 Å². The van der Waals surface area contributed by atoms with Crippen LogP contribution >= 0.6 is 23.2 Å². The summed E-state index contributed by atoms with van der Waals surface area (Å²) in [6.07, 6.45) is 0. The van der Waals surface area contributed by atoms with Gasteiger partial charge in [0.2, 0.25) is 5.82 Å². The van der Waals surface area contributed by atoms with Gasteiger partial charge in [0.05, 0.1) is 15.6 Å². The lowest BCUT2D eigenvalue weighted by Crippen LogP contribution is -1.83. The lowest BCUT2D eigenvalue weighted by molar-refractivity contribution is 0.432. The van der Waals surface area contributed by atoms with Crippen LogP contribution in [0.5, 0.6) is 0 Å². The Kier molecular flexibility index (Phi) is 3.23. The van der Waals surface area contributed by atoms with E-state index in [1.807, 2.05) is 30.3 Å². The molecule has 0 spiro atoms. The van der Waals surface area contributed by atoms with Crippen LogP contribution in [0.25, 0.3) is 22.8 Å². The Morgan fingerprint density at radius 3 is 2.21 bits per heavy atom. The Hall–Kier alpha value is -1.84. The molecule has 3 aromatic rings. The van der Waals surface area contributed by atoms with Gasteiger partial charge in [-0.15, -0.1) is 0 Å². The van der Waals surface area contributed by atoms with Crippen LogP contribution in [0.15, 0.2) is 53.1 Å². The number of rotatable bonds is 2. The fourth-order valence-corrected chi connectivity index (χ4v) is 2.29. The Labute approximate surface area is 119 Å². The maximum atomic E-state index is 6.11. The smallest absolute Gasteiger partial charge is 0.261 e. The highest BCUT2D eigenvalue weighted by molar-refractivity contribution is 6.38. The second-order valence-corrected chi connectivity index (χ2v) is 4.70. The van der Waals surface area contributed by atoms with Gasteiger partial charge in [-0.05, 0) is 12.1 Å². The second kappa shape index (κ2) is 5.03. The minimum absolute atomic E-state index is 0.314. The van der Waals surface area contributed by atoms with E-state index in [1.54, 1.807) is 18.2 Å². The van der Waals surface area contributed by atoms with E-state index in [4.69, 9.17) is 27.7 Å². The minimum atomic E-state index is 0.314. The molecule has 19 heavy (non-hydrogen) atoms. The van der Waals surface area contributed by atoms with E-state index in [-0.39, 0.29) is 0 Å². The van der Waals surface area contributed by atoms with Crippen molar-refractivity contribution in [2.75, 3.05) is 0 Å². The fraction of sp³-hybridized carbons (Fsp3) is 0. The SMILES string of the molecule is Clc1cccc(Cl)c1-c1nc(-c2ccccc2)no1. The van der Waals surface area contributed by atoms with Crippen molar-refractivity contribution in [2.24, 2.45) is 0 Å². The van der Waals surface area contributed by atoms with Crippen LogP contribution < -0.4 is 0 Å². The van der Waals surface area contributed by atoms with Gasteiger partial charge in [-0.3, -0.25) is 0 Å². The topological polar surface area (TPSA) is 38.9 Å². The van der Waals surface area contributed by atoms with Gasteiger partial charge in [0.1, 0.15) is 0 Å². The average molecular weight is 291 g/mol. The van der Waals surface area contributed by atoms with Crippen LogP contribution in [-0.2, 0) is 0 Å². The summed E-state index contributed by atoms with van der Waals surface area (Å²) in [4.78, 5) is 4.33. The normalized spacial score (nSPS) is 10.6. The molecule has 94 valence electrons. The number of hydrogen-bond acceptors (Lipinski definition) is 3. The van der Waals surface area contributed by atoms with Crippen LogP contribution in [0.2, 0.25) is 10.0 Å². The lowest BCUT2D eigenvalue weighted by atomic mass is 10.2. The van der Waals surface area contributed by atoms with Crippen molar-refractivity contribution in [3.05, 3.63) is 58.6 Å². The monoisotopic (exact) mass is 290 g/mol. The molecule has 0 atom stereocenters. The van der Waals surface area contributed by atoms with E-state index in [0.717, 1.165) is 5.56 Å². The van der Waals surface area contributed by atoms with E-state index in [0.29, 0.717) is 27.3 Å². The van der Waals surface area contributed by atoms with Crippen LogP contribution in [0.4, 0.5) is 0 Å². The van der Waals surface area contributed by atoms with Crippen LogP contribution in [-0.4, -0.2) is 10.1 Å². The Balaban J connectivity index is 2.07. The predicted octanol–water partition coefficient (Wildman–Crippen LogP) is 4.71. The minimum Gasteiger partial charge on any atom is -0.334 e. The zero-order valence-corrected chi connectivity index (χ0v) is 11.2. The molecule has 1 heterocycles. The Morgan fingerprint density at radius 2 is 1.53 bits per heavy atom. The summed E-state index contributed by atoms with van der Waals surface area (Å²) in [6, 6.07) is 14.8. The number of hydrogen-bond donors (Lipinski definition) is 0. The molecule has 0 N–H and O–H groups in total. The first-order valence-corrected chi connectivity index (χ1v) is 6.35. The van der Waals surface area contributed by atoms with Crippen LogP contribution in [0.1, 0.15) is 0 Å².